The third kappa shape index (κ3) is 5.47. The standard InChI is InChI=1S/C22H34N2O3/c1-16(2)17-8-9-18(19(14-17)27-6)15-20(25)23-10-7-11-24(13-12-23)21(26)22(3,4)5/h8-9,14,16H,7,10-13,15H2,1-6H3. The molecule has 2 amide bonds. The van der Waals surface area contributed by atoms with Crippen molar-refractivity contribution in [3.63, 3.8) is 0 Å². The minimum Gasteiger partial charge on any atom is -0.496 e. The zero-order valence-corrected chi connectivity index (χ0v) is 17.7. The highest BCUT2D eigenvalue weighted by Crippen LogP contribution is 2.26. The molecule has 0 radical (unpaired) electrons. The number of methoxy groups -OCH3 is 1. The van der Waals surface area contributed by atoms with Gasteiger partial charge in [-0.15, -0.1) is 0 Å². The van der Waals surface area contributed by atoms with Gasteiger partial charge in [0.05, 0.1) is 13.5 Å². The average molecular weight is 375 g/mol. The molecular weight excluding hydrogens is 340 g/mol. The van der Waals surface area contributed by atoms with Gasteiger partial charge in [-0.25, -0.2) is 0 Å². The molecule has 0 saturated carbocycles. The van der Waals surface area contributed by atoms with Crippen LogP contribution < -0.4 is 4.74 Å². The predicted octanol–water partition coefficient (Wildman–Crippen LogP) is 3.47. The van der Waals surface area contributed by atoms with Crippen molar-refractivity contribution in [2.75, 3.05) is 33.3 Å². The normalized spacial score (nSPS) is 15.7. The lowest BCUT2D eigenvalue weighted by Crippen LogP contribution is -2.42. The van der Waals surface area contributed by atoms with Crippen LogP contribution in [0.4, 0.5) is 0 Å². The third-order valence-corrected chi connectivity index (χ3v) is 5.10. The summed E-state index contributed by atoms with van der Waals surface area (Å²) in [5.74, 6) is 1.44. The van der Waals surface area contributed by atoms with E-state index in [1.807, 2.05) is 42.7 Å². The van der Waals surface area contributed by atoms with Gasteiger partial charge in [0.2, 0.25) is 11.8 Å². The summed E-state index contributed by atoms with van der Waals surface area (Å²) < 4.78 is 5.51. The summed E-state index contributed by atoms with van der Waals surface area (Å²) in [5, 5.41) is 0. The van der Waals surface area contributed by atoms with Crippen molar-refractivity contribution in [1.29, 1.82) is 0 Å². The number of hydrogen-bond acceptors (Lipinski definition) is 3. The molecule has 0 bridgehead atoms. The smallest absolute Gasteiger partial charge is 0.228 e. The Morgan fingerprint density at radius 1 is 1.07 bits per heavy atom. The van der Waals surface area contributed by atoms with Crippen LogP contribution in [0.1, 0.15) is 58.1 Å². The maximum Gasteiger partial charge on any atom is 0.228 e. The van der Waals surface area contributed by atoms with Gasteiger partial charge in [0.1, 0.15) is 5.75 Å². The minimum absolute atomic E-state index is 0.0932. The minimum atomic E-state index is -0.384. The van der Waals surface area contributed by atoms with Gasteiger partial charge in [-0.3, -0.25) is 9.59 Å². The van der Waals surface area contributed by atoms with Crippen LogP contribution in [0.5, 0.6) is 5.75 Å². The Labute approximate surface area is 163 Å². The number of benzene rings is 1. The molecule has 5 heteroatoms. The van der Waals surface area contributed by atoms with Gasteiger partial charge in [-0.1, -0.05) is 46.8 Å². The third-order valence-electron chi connectivity index (χ3n) is 5.10. The summed E-state index contributed by atoms with van der Waals surface area (Å²) in [6.45, 7) is 12.7. The molecule has 1 heterocycles. The van der Waals surface area contributed by atoms with E-state index < -0.39 is 0 Å². The SMILES string of the molecule is COc1cc(C(C)C)ccc1CC(=O)N1CCCN(C(=O)C(C)(C)C)CC1. The van der Waals surface area contributed by atoms with Crippen LogP contribution in [0.2, 0.25) is 0 Å². The highest BCUT2D eigenvalue weighted by Gasteiger charge is 2.29. The van der Waals surface area contributed by atoms with E-state index in [-0.39, 0.29) is 17.2 Å². The molecule has 1 saturated heterocycles. The van der Waals surface area contributed by atoms with Crippen LogP contribution in [0, 0.1) is 5.41 Å². The van der Waals surface area contributed by atoms with Gasteiger partial charge in [-0.05, 0) is 24.0 Å². The van der Waals surface area contributed by atoms with Crippen LogP contribution in [-0.4, -0.2) is 54.9 Å². The monoisotopic (exact) mass is 374 g/mol. The maximum absolute atomic E-state index is 12.8. The van der Waals surface area contributed by atoms with Crippen LogP contribution >= 0.6 is 0 Å². The van der Waals surface area contributed by atoms with E-state index in [1.54, 1.807) is 7.11 Å². The Morgan fingerprint density at radius 3 is 2.30 bits per heavy atom. The van der Waals surface area contributed by atoms with E-state index in [1.165, 1.54) is 5.56 Å². The summed E-state index contributed by atoms with van der Waals surface area (Å²) in [7, 11) is 1.65. The molecule has 1 aliphatic rings. The number of carbonyl (C=O) groups excluding carboxylic acids is 2. The van der Waals surface area contributed by atoms with E-state index in [9.17, 15) is 9.59 Å². The highest BCUT2D eigenvalue weighted by molar-refractivity contribution is 5.82. The van der Waals surface area contributed by atoms with Crippen LogP contribution in [0.3, 0.4) is 0 Å². The number of carbonyl (C=O) groups is 2. The zero-order chi connectivity index (χ0) is 20.2. The summed E-state index contributed by atoms with van der Waals surface area (Å²) >= 11 is 0. The Bertz CT molecular complexity index is 677. The summed E-state index contributed by atoms with van der Waals surface area (Å²) in [6.07, 6.45) is 1.14. The van der Waals surface area contributed by atoms with E-state index in [2.05, 4.69) is 19.9 Å². The molecule has 1 aliphatic heterocycles. The van der Waals surface area contributed by atoms with Crippen molar-refractivity contribution < 1.29 is 14.3 Å². The molecule has 5 nitrogen and oxygen atoms in total. The molecule has 2 rings (SSSR count). The molecule has 0 unspecified atom stereocenters. The topological polar surface area (TPSA) is 49.9 Å². The first-order valence-electron chi connectivity index (χ1n) is 9.87. The molecule has 27 heavy (non-hydrogen) atoms. The highest BCUT2D eigenvalue weighted by atomic mass is 16.5. The molecule has 0 spiro atoms. The molecule has 0 aromatic heterocycles. The maximum atomic E-state index is 12.8. The fourth-order valence-electron chi connectivity index (χ4n) is 3.39. The summed E-state index contributed by atoms with van der Waals surface area (Å²) in [6, 6.07) is 6.10. The van der Waals surface area contributed by atoms with Crippen molar-refractivity contribution in [1.82, 2.24) is 9.80 Å². The van der Waals surface area contributed by atoms with Crippen molar-refractivity contribution >= 4 is 11.8 Å². The first-order chi connectivity index (χ1) is 12.6. The van der Waals surface area contributed by atoms with Crippen molar-refractivity contribution in [2.24, 2.45) is 5.41 Å². The molecule has 0 N–H and O–H groups in total. The molecule has 0 aliphatic carbocycles. The number of ether oxygens (including phenoxy) is 1. The van der Waals surface area contributed by atoms with Gasteiger partial charge in [-0.2, -0.15) is 0 Å². The molecule has 150 valence electrons. The lowest BCUT2D eigenvalue weighted by atomic mass is 9.94. The van der Waals surface area contributed by atoms with Gasteiger partial charge in [0, 0.05) is 37.2 Å². The zero-order valence-electron chi connectivity index (χ0n) is 17.7. The van der Waals surface area contributed by atoms with Gasteiger partial charge in [0.25, 0.3) is 0 Å². The first kappa shape index (κ1) is 21.3. The second kappa shape index (κ2) is 8.77. The number of nitrogens with zero attached hydrogens (tertiary/aromatic N) is 2. The number of amides is 2. The lowest BCUT2D eigenvalue weighted by Gasteiger charge is -2.28. The molecule has 1 aromatic carbocycles. The van der Waals surface area contributed by atoms with Crippen molar-refractivity contribution in [3.8, 4) is 5.75 Å². The quantitative estimate of drug-likeness (QED) is 0.811. The Morgan fingerprint density at radius 2 is 1.70 bits per heavy atom. The van der Waals surface area contributed by atoms with E-state index >= 15 is 0 Å². The van der Waals surface area contributed by atoms with E-state index in [0.29, 0.717) is 38.5 Å². The fraction of sp³-hybridized carbons (Fsp3) is 0.636. The first-order valence-corrected chi connectivity index (χ1v) is 9.87. The Hall–Kier alpha value is -2.04. The van der Waals surface area contributed by atoms with Crippen LogP contribution in [-0.2, 0) is 16.0 Å². The van der Waals surface area contributed by atoms with Crippen molar-refractivity contribution in [2.45, 2.75) is 53.4 Å². The molecular formula is C22H34N2O3. The lowest BCUT2D eigenvalue weighted by molar-refractivity contribution is -0.139. The van der Waals surface area contributed by atoms with Gasteiger partial charge < -0.3 is 14.5 Å². The predicted molar refractivity (Wildman–Crippen MR) is 108 cm³/mol. The molecule has 1 aromatic rings. The Kier molecular flexibility index (Phi) is 6.90. The largest absolute Gasteiger partial charge is 0.496 e. The summed E-state index contributed by atoms with van der Waals surface area (Å²) in [5.41, 5.74) is 1.73. The van der Waals surface area contributed by atoms with Crippen molar-refractivity contribution in [3.05, 3.63) is 29.3 Å². The summed E-state index contributed by atoms with van der Waals surface area (Å²) in [4.78, 5) is 29.1. The van der Waals surface area contributed by atoms with E-state index in [4.69, 9.17) is 4.74 Å². The van der Waals surface area contributed by atoms with E-state index in [0.717, 1.165) is 17.7 Å². The average Bonchev–Trinajstić information content (AvgIpc) is 2.86. The molecule has 0 atom stereocenters. The van der Waals surface area contributed by atoms with Crippen LogP contribution in [0.25, 0.3) is 0 Å². The Balaban J connectivity index is 2.03. The van der Waals surface area contributed by atoms with Crippen LogP contribution in [0.15, 0.2) is 18.2 Å². The second-order valence-electron chi connectivity index (χ2n) is 8.68. The second-order valence-corrected chi connectivity index (χ2v) is 8.68. The van der Waals surface area contributed by atoms with Gasteiger partial charge in [0.15, 0.2) is 0 Å². The molecule has 1 fully saturated rings. The number of hydrogen-bond donors (Lipinski definition) is 0. The fourth-order valence-corrected chi connectivity index (χ4v) is 3.39. The number of rotatable bonds is 4. The van der Waals surface area contributed by atoms with Gasteiger partial charge >= 0.3 is 0 Å².